The first kappa shape index (κ1) is 16.3. The number of aliphatic carboxylic acids is 1. The monoisotopic (exact) mass is 300 g/mol. The van der Waals surface area contributed by atoms with E-state index < -0.39 is 12.0 Å². The minimum atomic E-state index is -0.860. The number of nitrogens with one attached hydrogen (secondary N) is 1. The second-order valence-electron chi connectivity index (χ2n) is 7.05. The molecule has 1 atom stereocenters. The van der Waals surface area contributed by atoms with Crippen LogP contribution in [0, 0.1) is 5.92 Å². The van der Waals surface area contributed by atoms with Crippen molar-refractivity contribution in [2.75, 3.05) is 5.32 Å². The van der Waals surface area contributed by atoms with E-state index in [1.807, 2.05) is 19.9 Å². The van der Waals surface area contributed by atoms with Crippen LogP contribution in [0.15, 0.2) is 30.5 Å². The van der Waals surface area contributed by atoms with Gasteiger partial charge in [0.25, 0.3) is 0 Å². The summed E-state index contributed by atoms with van der Waals surface area (Å²) in [7, 11) is 0. The number of fused-ring (bicyclic) bond motifs is 1. The molecule has 22 heavy (non-hydrogen) atoms. The Morgan fingerprint density at radius 3 is 2.45 bits per heavy atom. The molecule has 1 heterocycles. The van der Waals surface area contributed by atoms with E-state index in [1.165, 1.54) is 5.56 Å². The van der Waals surface area contributed by atoms with Crippen LogP contribution in [0.5, 0.6) is 0 Å². The third-order valence-corrected chi connectivity index (χ3v) is 3.86. The number of hydrogen-bond donors (Lipinski definition) is 2. The van der Waals surface area contributed by atoms with Gasteiger partial charge in [-0.15, -0.1) is 0 Å². The van der Waals surface area contributed by atoms with Crippen LogP contribution in [-0.4, -0.2) is 22.1 Å². The lowest BCUT2D eigenvalue weighted by molar-refractivity contribution is -0.138. The van der Waals surface area contributed by atoms with E-state index in [0.717, 1.165) is 10.8 Å². The molecule has 0 saturated heterocycles. The fraction of sp³-hybridized carbons (Fsp3) is 0.444. The third kappa shape index (κ3) is 3.38. The molecule has 2 rings (SSSR count). The molecule has 4 nitrogen and oxygen atoms in total. The summed E-state index contributed by atoms with van der Waals surface area (Å²) in [6, 6.07) is 7.57. The molecule has 0 radical (unpaired) electrons. The Balaban J connectivity index is 2.51. The molecule has 2 N–H and O–H groups in total. The van der Waals surface area contributed by atoms with Gasteiger partial charge in [0.15, 0.2) is 0 Å². The molecule has 0 aliphatic carbocycles. The van der Waals surface area contributed by atoms with Crippen LogP contribution in [0.25, 0.3) is 10.8 Å². The minimum Gasteiger partial charge on any atom is -0.480 e. The normalized spacial score (nSPS) is 13.4. The van der Waals surface area contributed by atoms with Crippen LogP contribution in [-0.2, 0) is 10.2 Å². The van der Waals surface area contributed by atoms with E-state index in [1.54, 1.807) is 6.20 Å². The number of carboxylic acid groups (broad SMARTS) is 1. The van der Waals surface area contributed by atoms with Crippen molar-refractivity contribution in [1.82, 2.24) is 4.98 Å². The van der Waals surface area contributed by atoms with Crippen LogP contribution in [0.2, 0.25) is 0 Å². The van der Waals surface area contributed by atoms with Gasteiger partial charge < -0.3 is 10.4 Å². The first-order chi connectivity index (χ1) is 10.2. The van der Waals surface area contributed by atoms with Gasteiger partial charge >= 0.3 is 5.97 Å². The number of carboxylic acids is 1. The number of carbonyl (C=O) groups is 1. The molecule has 4 heteroatoms. The maximum atomic E-state index is 11.4. The van der Waals surface area contributed by atoms with Crippen molar-refractivity contribution < 1.29 is 9.90 Å². The highest BCUT2D eigenvalue weighted by Crippen LogP contribution is 2.29. The molecule has 0 spiro atoms. The number of benzene rings is 1. The van der Waals surface area contributed by atoms with Crippen molar-refractivity contribution in [2.24, 2.45) is 5.92 Å². The molecule has 0 fully saturated rings. The van der Waals surface area contributed by atoms with Crippen molar-refractivity contribution >= 4 is 22.6 Å². The quantitative estimate of drug-likeness (QED) is 0.894. The van der Waals surface area contributed by atoms with E-state index in [4.69, 9.17) is 0 Å². The van der Waals surface area contributed by atoms with E-state index in [0.29, 0.717) is 5.82 Å². The lowest BCUT2D eigenvalue weighted by atomic mass is 9.86. The van der Waals surface area contributed by atoms with Gasteiger partial charge in [0.2, 0.25) is 0 Å². The Morgan fingerprint density at radius 2 is 1.91 bits per heavy atom. The van der Waals surface area contributed by atoms with Crippen molar-refractivity contribution in [1.29, 1.82) is 0 Å². The summed E-state index contributed by atoms with van der Waals surface area (Å²) in [4.78, 5) is 15.8. The predicted molar refractivity (Wildman–Crippen MR) is 90.3 cm³/mol. The average molecular weight is 300 g/mol. The van der Waals surface area contributed by atoms with Crippen LogP contribution in [0.4, 0.5) is 5.82 Å². The number of rotatable bonds is 4. The fourth-order valence-electron chi connectivity index (χ4n) is 2.41. The lowest BCUT2D eigenvalue weighted by Crippen LogP contribution is -2.34. The highest BCUT2D eigenvalue weighted by Gasteiger charge is 2.23. The fourth-order valence-corrected chi connectivity index (χ4v) is 2.41. The SMILES string of the molecule is CC(C)C(Nc1nccc2ccc(C(C)(C)C)cc12)C(=O)O. The van der Waals surface area contributed by atoms with Gasteiger partial charge in [0.1, 0.15) is 11.9 Å². The third-order valence-electron chi connectivity index (χ3n) is 3.86. The Bertz CT molecular complexity index is 687. The maximum Gasteiger partial charge on any atom is 0.326 e. The molecule has 1 unspecified atom stereocenters. The summed E-state index contributed by atoms with van der Waals surface area (Å²) in [5.41, 5.74) is 1.23. The highest BCUT2D eigenvalue weighted by atomic mass is 16.4. The Kier molecular flexibility index (Phi) is 4.40. The summed E-state index contributed by atoms with van der Waals surface area (Å²) >= 11 is 0. The first-order valence-corrected chi connectivity index (χ1v) is 7.58. The number of aromatic nitrogens is 1. The molecule has 2 aromatic rings. The molecule has 0 amide bonds. The van der Waals surface area contributed by atoms with Crippen LogP contribution in [0.3, 0.4) is 0 Å². The van der Waals surface area contributed by atoms with E-state index in [9.17, 15) is 9.90 Å². The number of anilines is 1. The Labute approximate surface area is 131 Å². The van der Waals surface area contributed by atoms with Gasteiger partial charge in [-0.2, -0.15) is 0 Å². The van der Waals surface area contributed by atoms with E-state index in [-0.39, 0.29) is 11.3 Å². The first-order valence-electron chi connectivity index (χ1n) is 7.58. The standard InChI is InChI=1S/C18H24N2O2/c1-11(2)15(17(21)22)20-16-14-10-13(18(3,4)5)7-6-12(14)8-9-19-16/h6-11,15H,1-5H3,(H,19,20)(H,21,22). The second-order valence-corrected chi connectivity index (χ2v) is 7.05. The highest BCUT2D eigenvalue weighted by molar-refractivity contribution is 5.93. The van der Waals surface area contributed by atoms with E-state index in [2.05, 4.69) is 49.3 Å². The van der Waals surface area contributed by atoms with Crippen LogP contribution >= 0.6 is 0 Å². The molecule has 1 aromatic carbocycles. The van der Waals surface area contributed by atoms with Crippen LogP contribution < -0.4 is 5.32 Å². The van der Waals surface area contributed by atoms with Gasteiger partial charge in [-0.1, -0.05) is 46.8 Å². The van der Waals surface area contributed by atoms with Crippen molar-refractivity contribution in [3.8, 4) is 0 Å². The molecule has 118 valence electrons. The molecule has 1 aromatic heterocycles. The zero-order chi connectivity index (χ0) is 16.5. The van der Waals surface area contributed by atoms with Crippen molar-refractivity contribution in [2.45, 2.75) is 46.1 Å². The number of nitrogens with zero attached hydrogens (tertiary/aromatic N) is 1. The summed E-state index contributed by atoms with van der Waals surface area (Å²) in [6.45, 7) is 10.2. The predicted octanol–water partition coefficient (Wildman–Crippen LogP) is 4.05. The summed E-state index contributed by atoms with van der Waals surface area (Å²) in [5, 5.41) is 14.5. The Hall–Kier alpha value is -2.10. The van der Waals surface area contributed by atoms with Gasteiger partial charge in [-0.3, -0.25) is 0 Å². The van der Waals surface area contributed by atoms with Gasteiger partial charge in [0.05, 0.1) is 0 Å². The summed E-state index contributed by atoms with van der Waals surface area (Å²) in [6.07, 6.45) is 1.71. The van der Waals surface area contributed by atoms with Crippen molar-refractivity contribution in [3.05, 3.63) is 36.0 Å². The summed E-state index contributed by atoms with van der Waals surface area (Å²) < 4.78 is 0. The van der Waals surface area contributed by atoms with E-state index >= 15 is 0 Å². The second kappa shape index (κ2) is 5.95. The zero-order valence-corrected chi connectivity index (χ0v) is 13.8. The number of pyridine rings is 1. The van der Waals surface area contributed by atoms with Gasteiger partial charge in [-0.05, 0) is 34.4 Å². The van der Waals surface area contributed by atoms with Crippen LogP contribution in [0.1, 0.15) is 40.2 Å². The van der Waals surface area contributed by atoms with Gasteiger partial charge in [0, 0.05) is 11.6 Å². The number of hydrogen-bond acceptors (Lipinski definition) is 3. The molecule has 0 bridgehead atoms. The largest absolute Gasteiger partial charge is 0.480 e. The molecule has 0 aliphatic heterocycles. The zero-order valence-electron chi connectivity index (χ0n) is 13.8. The van der Waals surface area contributed by atoms with Crippen molar-refractivity contribution in [3.63, 3.8) is 0 Å². The lowest BCUT2D eigenvalue weighted by Gasteiger charge is -2.22. The topological polar surface area (TPSA) is 62.2 Å². The Morgan fingerprint density at radius 1 is 1.23 bits per heavy atom. The minimum absolute atomic E-state index is 0.0274. The molecular formula is C18H24N2O2. The molecular weight excluding hydrogens is 276 g/mol. The summed E-state index contributed by atoms with van der Waals surface area (Å²) in [5.74, 6) is -0.258. The smallest absolute Gasteiger partial charge is 0.326 e. The average Bonchev–Trinajstić information content (AvgIpc) is 2.42. The maximum absolute atomic E-state index is 11.4. The molecule has 0 saturated carbocycles. The molecule has 0 aliphatic rings. The van der Waals surface area contributed by atoms with Gasteiger partial charge in [-0.25, -0.2) is 9.78 Å².